The Balaban J connectivity index is 2.38. The fourth-order valence-electron chi connectivity index (χ4n) is 2.22. The summed E-state index contributed by atoms with van der Waals surface area (Å²) < 4.78 is 31.4. The number of ether oxygens (including phenoxy) is 1. The van der Waals surface area contributed by atoms with Gasteiger partial charge in [-0.15, -0.1) is 0 Å². The number of carbonyl (C=O) groups excluding carboxylic acids is 1. The van der Waals surface area contributed by atoms with Crippen LogP contribution in [-0.4, -0.2) is 49.9 Å². The minimum atomic E-state index is -3.65. The molecule has 0 spiro atoms. The molecule has 0 radical (unpaired) electrons. The van der Waals surface area contributed by atoms with Gasteiger partial charge in [-0.25, -0.2) is 13.2 Å². The van der Waals surface area contributed by atoms with E-state index in [-0.39, 0.29) is 22.2 Å². The van der Waals surface area contributed by atoms with E-state index in [1.54, 1.807) is 11.8 Å². The van der Waals surface area contributed by atoms with Crippen molar-refractivity contribution in [3.05, 3.63) is 23.8 Å². The van der Waals surface area contributed by atoms with E-state index in [9.17, 15) is 13.2 Å². The summed E-state index contributed by atoms with van der Waals surface area (Å²) in [7, 11) is -2.39. The van der Waals surface area contributed by atoms with Crippen molar-refractivity contribution >= 4 is 33.4 Å². The Morgan fingerprint density at radius 1 is 1.48 bits per heavy atom. The summed E-state index contributed by atoms with van der Waals surface area (Å²) in [5, 5.41) is 0. The lowest BCUT2D eigenvalue weighted by Crippen LogP contribution is -2.44. The number of anilines is 1. The monoisotopic (exact) mass is 330 g/mol. The molecule has 0 saturated carbocycles. The highest BCUT2D eigenvalue weighted by molar-refractivity contribution is 7.99. The molecule has 0 aliphatic carbocycles. The van der Waals surface area contributed by atoms with Crippen LogP contribution in [0.1, 0.15) is 17.3 Å². The molecule has 21 heavy (non-hydrogen) atoms. The minimum absolute atomic E-state index is 0.0360. The molecule has 1 aromatic rings. The normalized spacial score (nSPS) is 20.2. The Labute approximate surface area is 128 Å². The maximum Gasteiger partial charge on any atom is 0.337 e. The highest BCUT2D eigenvalue weighted by Gasteiger charge is 2.32. The molecule has 116 valence electrons. The highest BCUT2D eigenvalue weighted by Crippen LogP contribution is 2.28. The van der Waals surface area contributed by atoms with Crippen LogP contribution in [0.3, 0.4) is 0 Å². The van der Waals surface area contributed by atoms with Gasteiger partial charge in [-0.05, 0) is 25.1 Å². The molecule has 2 N–H and O–H groups in total. The van der Waals surface area contributed by atoms with Crippen molar-refractivity contribution in [3.8, 4) is 0 Å². The maximum absolute atomic E-state index is 12.7. The molecule has 1 fully saturated rings. The van der Waals surface area contributed by atoms with Gasteiger partial charge in [0.2, 0.25) is 10.0 Å². The highest BCUT2D eigenvalue weighted by atomic mass is 32.2. The van der Waals surface area contributed by atoms with Crippen LogP contribution in [0.5, 0.6) is 0 Å². The molecule has 1 aliphatic rings. The molecule has 2 rings (SSSR count). The first-order chi connectivity index (χ1) is 9.87. The van der Waals surface area contributed by atoms with Gasteiger partial charge in [-0.2, -0.15) is 16.1 Å². The van der Waals surface area contributed by atoms with E-state index in [1.807, 2.05) is 6.92 Å². The van der Waals surface area contributed by atoms with Crippen molar-refractivity contribution in [2.24, 2.45) is 0 Å². The molecule has 1 unspecified atom stereocenters. The summed E-state index contributed by atoms with van der Waals surface area (Å²) in [4.78, 5) is 11.5. The number of methoxy groups -OCH3 is 1. The molecule has 1 heterocycles. The summed E-state index contributed by atoms with van der Waals surface area (Å²) in [6, 6.07) is 4.04. The number of nitrogens with two attached hydrogens (primary N) is 1. The van der Waals surface area contributed by atoms with Gasteiger partial charge >= 0.3 is 5.97 Å². The zero-order valence-corrected chi connectivity index (χ0v) is 13.5. The molecule has 1 aliphatic heterocycles. The number of nitrogens with zero attached hydrogens (tertiary/aromatic N) is 1. The fourth-order valence-corrected chi connectivity index (χ4v) is 5.18. The Bertz CT molecular complexity index is 646. The van der Waals surface area contributed by atoms with Gasteiger partial charge in [-0.1, -0.05) is 0 Å². The zero-order chi connectivity index (χ0) is 15.6. The predicted molar refractivity (Wildman–Crippen MR) is 82.9 cm³/mol. The number of hydrogen-bond acceptors (Lipinski definition) is 6. The third-order valence-electron chi connectivity index (χ3n) is 3.32. The summed E-state index contributed by atoms with van der Waals surface area (Å²) in [6.45, 7) is 2.34. The third kappa shape index (κ3) is 3.17. The van der Waals surface area contributed by atoms with Gasteiger partial charge in [0, 0.05) is 24.1 Å². The number of thioether (sulfide) groups is 1. The van der Waals surface area contributed by atoms with Crippen LogP contribution in [0.25, 0.3) is 0 Å². The van der Waals surface area contributed by atoms with Crippen molar-refractivity contribution in [1.82, 2.24) is 4.31 Å². The van der Waals surface area contributed by atoms with Gasteiger partial charge in [0.05, 0.1) is 18.4 Å². The van der Waals surface area contributed by atoms with Crippen LogP contribution in [0.15, 0.2) is 23.1 Å². The zero-order valence-electron chi connectivity index (χ0n) is 11.9. The third-order valence-corrected chi connectivity index (χ3v) is 6.60. The van der Waals surface area contributed by atoms with E-state index >= 15 is 0 Å². The van der Waals surface area contributed by atoms with Crippen LogP contribution in [-0.2, 0) is 14.8 Å². The SMILES string of the molecule is COC(=O)c1ccc(S(=O)(=O)N2CCSCC2C)c(N)c1. The molecule has 0 amide bonds. The van der Waals surface area contributed by atoms with E-state index in [0.717, 1.165) is 11.5 Å². The maximum atomic E-state index is 12.7. The first-order valence-corrected chi connectivity index (χ1v) is 9.05. The number of carbonyl (C=O) groups is 1. The lowest BCUT2D eigenvalue weighted by atomic mass is 10.2. The second kappa shape index (κ2) is 6.25. The summed E-state index contributed by atoms with van der Waals surface area (Å²) in [5.41, 5.74) is 6.12. The van der Waals surface area contributed by atoms with Crippen molar-refractivity contribution in [2.75, 3.05) is 30.9 Å². The average molecular weight is 330 g/mol. The van der Waals surface area contributed by atoms with Crippen LogP contribution >= 0.6 is 11.8 Å². The Kier molecular flexibility index (Phi) is 4.80. The van der Waals surface area contributed by atoms with Gasteiger partial charge < -0.3 is 10.5 Å². The Morgan fingerprint density at radius 3 is 2.76 bits per heavy atom. The van der Waals surface area contributed by atoms with Gasteiger partial charge in [-0.3, -0.25) is 0 Å². The van der Waals surface area contributed by atoms with Gasteiger partial charge in [0.15, 0.2) is 0 Å². The second-order valence-corrected chi connectivity index (χ2v) is 7.79. The van der Waals surface area contributed by atoms with Gasteiger partial charge in [0.25, 0.3) is 0 Å². The van der Waals surface area contributed by atoms with E-state index in [2.05, 4.69) is 4.74 Å². The molecule has 6 nitrogen and oxygen atoms in total. The lowest BCUT2D eigenvalue weighted by molar-refractivity contribution is 0.0600. The summed E-state index contributed by atoms with van der Waals surface area (Å²) in [5.74, 6) is 0.983. The van der Waals surface area contributed by atoms with Gasteiger partial charge in [0.1, 0.15) is 4.90 Å². The van der Waals surface area contributed by atoms with Crippen LogP contribution in [0.4, 0.5) is 5.69 Å². The molecular weight excluding hydrogens is 312 g/mol. The molecule has 0 aromatic heterocycles. The molecule has 1 aromatic carbocycles. The first-order valence-electron chi connectivity index (χ1n) is 6.45. The Hall–Kier alpha value is -1.25. The van der Waals surface area contributed by atoms with E-state index < -0.39 is 16.0 Å². The van der Waals surface area contributed by atoms with Crippen molar-refractivity contribution in [3.63, 3.8) is 0 Å². The second-order valence-electron chi connectivity index (χ2n) is 4.78. The largest absolute Gasteiger partial charge is 0.465 e. The van der Waals surface area contributed by atoms with Crippen LogP contribution < -0.4 is 5.73 Å². The van der Waals surface area contributed by atoms with E-state index in [0.29, 0.717) is 6.54 Å². The molecule has 1 atom stereocenters. The predicted octanol–water partition coefficient (Wildman–Crippen LogP) is 1.18. The molecule has 0 bridgehead atoms. The number of nitrogen functional groups attached to an aromatic ring is 1. The quantitative estimate of drug-likeness (QED) is 0.661. The smallest absolute Gasteiger partial charge is 0.337 e. The lowest BCUT2D eigenvalue weighted by Gasteiger charge is -2.32. The Morgan fingerprint density at radius 2 is 2.19 bits per heavy atom. The van der Waals surface area contributed by atoms with E-state index in [4.69, 9.17) is 5.73 Å². The van der Waals surface area contributed by atoms with Crippen molar-refractivity contribution in [2.45, 2.75) is 17.9 Å². The summed E-state index contributed by atoms with van der Waals surface area (Å²) in [6.07, 6.45) is 0. The van der Waals surface area contributed by atoms with Crippen LogP contribution in [0.2, 0.25) is 0 Å². The average Bonchev–Trinajstić information content (AvgIpc) is 2.46. The number of hydrogen-bond donors (Lipinski definition) is 1. The first kappa shape index (κ1) is 16.1. The molecule has 8 heteroatoms. The standard InChI is InChI=1S/C13H18N2O4S2/c1-9-8-20-6-5-15(9)21(17,18)12-4-3-10(7-11(12)14)13(16)19-2/h3-4,7,9H,5-6,8,14H2,1-2H3. The number of benzene rings is 1. The van der Waals surface area contributed by atoms with Crippen molar-refractivity contribution in [1.29, 1.82) is 0 Å². The minimum Gasteiger partial charge on any atom is -0.465 e. The number of rotatable bonds is 3. The topological polar surface area (TPSA) is 89.7 Å². The van der Waals surface area contributed by atoms with Crippen LogP contribution in [0, 0.1) is 0 Å². The fraction of sp³-hybridized carbons (Fsp3) is 0.462. The number of esters is 1. The molecular formula is C13H18N2O4S2. The molecule has 1 saturated heterocycles. The summed E-state index contributed by atoms with van der Waals surface area (Å²) >= 11 is 1.73. The number of sulfonamides is 1. The van der Waals surface area contributed by atoms with Crippen molar-refractivity contribution < 1.29 is 17.9 Å². The van der Waals surface area contributed by atoms with E-state index in [1.165, 1.54) is 29.6 Å².